The molecule has 0 unspecified atom stereocenters. The normalized spacial score (nSPS) is 18.5. The molecule has 0 radical (unpaired) electrons. The van der Waals surface area contributed by atoms with Gasteiger partial charge in [0.05, 0.1) is 40.2 Å². The molecular formula is C26H26N2O5. The Balaban J connectivity index is 1.57. The second-order valence-corrected chi connectivity index (χ2v) is 7.84. The maximum Gasteiger partial charge on any atom is 0.214 e. The van der Waals surface area contributed by atoms with Crippen molar-refractivity contribution in [1.29, 1.82) is 0 Å². The quantitative estimate of drug-likeness (QED) is 0.533. The maximum atomic E-state index is 6.45. The van der Waals surface area contributed by atoms with Crippen molar-refractivity contribution in [2.24, 2.45) is 5.10 Å². The summed E-state index contributed by atoms with van der Waals surface area (Å²) in [7, 11) is 6.52. The highest BCUT2D eigenvalue weighted by atomic mass is 16.5. The Kier molecular flexibility index (Phi) is 5.46. The lowest BCUT2D eigenvalue weighted by Gasteiger charge is -2.38. The highest BCUT2D eigenvalue weighted by Crippen LogP contribution is 2.48. The summed E-state index contributed by atoms with van der Waals surface area (Å²) < 4.78 is 28.3. The van der Waals surface area contributed by atoms with Gasteiger partial charge in [0.2, 0.25) is 6.23 Å². The molecule has 7 nitrogen and oxygen atoms in total. The van der Waals surface area contributed by atoms with Crippen molar-refractivity contribution < 1.29 is 23.7 Å². The van der Waals surface area contributed by atoms with Crippen molar-refractivity contribution in [3.05, 3.63) is 77.4 Å². The van der Waals surface area contributed by atoms with E-state index < -0.39 is 6.23 Å². The Morgan fingerprint density at radius 3 is 2.18 bits per heavy atom. The number of rotatable bonds is 6. The zero-order valence-electron chi connectivity index (χ0n) is 19.1. The van der Waals surface area contributed by atoms with Crippen LogP contribution in [0.3, 0.4) is 0 Å². The van der Waals surface area contributed by atoms with E-state index in [1.807, 2.05) is 59.6 Å². The van der Waals surface area contributed by atoms with Gasteiger partial charge < -0.3 is 23.7 Å². The molecule has 5 rings (SSSR count). The Morgan fingerprint density at radius 2 is 1.45 bits per heavy atom. The number of hydrazone groups is 1. The van der Waals surface area contributed by atoms with E-state index in [0.29, 0.717) is 23.0 Å². The van der Waals surface area contributed by atoms with Gasteiger partial charge >= 0.3 is 0 Å². The first-order valence-electron chi connectivity index (χ1n) is 10.7. The van der Waals surface area contributed by atoms with Gasteiger partial charge in [-0.3, -0.25) is 0 Å². The topological polar surface area (TPSA) is 61.8 Å². The molecular weight excluding hydrogens is 420 g/mol. The Bertz CT molecular complexity index is 1210. The fourth-order valence-corrected chi connectivity index (χ4v) is 4.45. The summed E-state index contributed by atoms with van der Waals surface area (Å²) in [5, 5.41) is 7.06. The molecule has 3 aromatic carbocycles. The van der Waals surface area contributed by atoms with Crippen LogP contribution in [0.25, 0.3) is 0 Å². The largest absolute Gasteiger partial charge is 0.493 e. The first-order valence-corrected chi connectivity index (χ1v) is 10.7. The molecule has 0 saturated heterocycles. The third kappa shape index (κ3) is 3.59. The molecule has 2 atom stereocenters. The molecule has 2 aliphatic heterocycles. The lowest BCUT2D eigenvalue weighted by molar-refractivity contribution is -0.0191. The molecule has 170 valence electrons. The first-order chi connectivity index (χ1) is 16.2. The van der Waals surface area contributed by atoms with Gasteiger partial charge in [0.1, 0.15) is 5.75 Å². The van der Waals surface area contributed by atoms with Gasteiger partial charge in [-0.05, 0) is 42.5 Å². The van der Waals surface area contributed by atoms with E-state index in [0.717, 1.165) is 34.6 Å². The van der Waals surface area contributed by atoms with Crippen LogP contribution in [-0.4, -0.2) is 39.2 Å². The fourth-order valence-electron chi connectivity index (χ4n) is 4.45. The summed E-state index contributed by atoms with van der Waals surface area (Å²) in [6.07, 6.45) is 0.349. The number of ether oxygens (including phenoxy) is 5. The van der Waals surface area contributed by atoms with Crippen molar-refractivity contribution in [2.75, 3.05) is 28.4 Å². The lowest BCUT2D eigenvalue weighted by Crippen LogP contribution is -2.33. The number of methoxy groups -OCH3 is 4. The third-order valence-electron chi connectivity index (χ3n) is 6.11. The van der Waals surface area contributed by atoms with E-state index in [9.17, 15) is 0 Å². The van der Waals surface area contributed by atoms with Crippen LogP contribution >= 0.6 is 0 Å². The maximum absolute atomic E-state index is 6.45. The highest BCUT2D eigenvalue weighted by molar-refractivity contribution is 6.02. The molecule has 0 amide bonds. The first kappa shape index (κ1) is 21.0. The van der Waals surface area contributed by atoms with Gasteiger partial charge in [-0.25, -0.2) is 5.01 Å². The molecule has 0 saturated carbocycles. The van der Waals surface area contributed by atoms with E-state index in [1.165, 1.54) is 0 Å². The minimum absolute atomic E-state index is 0.0520. The predicted octanol–water partition coefficient (Wildman–Crippen LogP) is 4.96. The van der Waals surface area contributed by atoms with Gasteiger partial charge in [-0.2, -0.15) is 5.10 Å². The van der Waals surface area contributed by atoms with Crippen molar-refractivity contribution in [3.63, 3.8) is 0 Å². The van der Waals surface area contributed by atoms with Crippen LogP contribution in [0.2, 0.25) is 0 Å². The third-order valence-corrected chi connectivity index (χ3v) is 6.11. The molecule has 0 spiro atoms. The molecule has 2 heterocycles. The molecule has 0 fully saturated rings. The number of para-hydroxylation sites is 1. The van der Waals surface area contributed by atoms with Crippen molar-refractivity contribution in [3.8, 4) is 28.7 Å². The van der Waals surface area contributed by atoms with Crippen molar-refractivity contribution >= 4 is 5.71 Å². The van der Waals surface area contributed by atoms with E-state index in [2.05, 4.69) is 6.07 Å². The Morgan fingerprint density at radius 1 is 0.788 bits per heavy atom. The average molecular weight is 447 g/mol. The second-order valence-electron chi connectivity index (χ2n) is 7.84. The molecule has 7 heteroatoms. The van der Waals surface area contributed by atoms with Gasteiger partial charge in [-0.1, -0.05) is 18.2 Å². The van der Waals surface area contributed by atoms with Crippen molar-refractivity contribution in [2.45, 2.75) is 18.7 Å². The Hall–Kier alpha value is -3.87. The minimum Gasteiger partial charge on any atom is -0.493 e. The smallest absolute Gasteiger partial charge is 0.214 e. The van der Waals surface area contributed by atoms with Crippen LogP contribution in [0.15, 0.2) is 65.8 Å². The number of fused-ring (bicyclic) bond motifs is 3. The summed E-state index contributed by atoms with van der Waals surface area (Å²) >= 11 is 0. The minimum atomic E-state index is -0.401. The zero-order chi connectivity index (χ0) is 22.9. The van der Waals surface area contributed by atoms with Crippen LogP contribution < -0.4 is 23.7 Å². The number of benzene rings is 3. The summed E-state index contributed by atoms with van der Waals surface area (Å²) in [4.78, 5) is 0. The summed E-state index contributed by atoms with van der Waals surface area (Å²) in [6.45, 7) is 0. The van der Waals surface area contributed by atoms with Crippen LogP contribution in [-0.2, 0) is 0 Å². The van der Waals surface area contributed by atoms with Gasteiger partial charge in [0, 0.05) is 23.1 Å². The summed E-state index contributed by atoms with van der Waals surface area (Å²) in [6, 6.07) is 19.9. The van der Waals surface area contributed by atoms with Crippen LogP contribution in [0, 0.1) is 0 Å². The standard InChI is InChI=1S/C26H26N2O5/c1-29-22-11-9-16(13-24(22)31-3)19-15-20-18-7-5-6-8-21(18)33-26(28(20)27-19)17-10-12-23(30-2)25(14-17)32-4/h5-14,20,26H,15H2,1-4H3/t20-,26+/m0/s1. The van der Waals surface area contributed by atoms with E-state index in [-0.39, 0.29) is 6.04 Å². The molecule has 0 aromatic heterocycles. The number of nitrogens with zero attached hydrogens (tertiary/aromatic N) is 2. The molecule has 0 N–H and O–H groups in total. The molecule has 2 aliphatic rings. The summed E-state index contributed by atoms with van der Waals surface area (Å²) in [5.41, 5.74) is 4.01. The SMILES string of the molecule is COc1ccc(C2=NN3[C@@H](c4ccc(OC)c(OC)c4)Oc4ccccc4[C@@H]3C2)cc1OC. The second kappa shape index (κ2) is 8.58. The average Bonchev–Trinajstić information content (AvgIpc) is 3.33. The Labute approximate surface area is 193 Å². The van der Waals surface area contributed by atoms with Gasteiger partial charge in [0.15, 0.2) is 23.0 Å². The number of hydrogen-bond donors (Lipinski definition) is 0. The van der Waals surface area contributed by atoms with Crippen LogP contribution in [0.1, 0.15) is 35.4 Å². The van der Waals surface area contributed by atoms with Crippen molar-refractivity contribution in [1.82, 2.24) is 5.01 Å². The molecule has 3 aromatic rings. The number of hydrogen-bond acceptors (Lipinski definition) is 7. The van der Waals surface area contributed by atoms with Crippen LogP contribution in [0.5, 0.6) is 28.7 Å². The predicted molar refractivity (Wildman–Crippen MR) is 125 cm³/mol. The van der Waals surface area contributed by atoms with Crippen LogP contribution in [0.4, 0.5) is 0 Å². The molecule has 0 bridgehead atoms. The fraction of sp³-hybridized carbons (Fsp3) is 0.269. The monoisotopic (exact) mass is 446 g/mol. The summed E-state index contributed by atoms with van der Waals surface area (Å²) in [5.74, 6) is 3.55. The van der Waals surface area contributed by atoms with E-state index in [1.54, 1.807) is 28.4 Å². The highest BCUT2D eigenvalue weighted by Gasteiger charge is 2.41. The molecule has 33 heavy (non-hydrogen) atoms. The van der Waals surface area contributed by atoms with E-state index in [4.69, 9.17) is 28.8 Å². The van der Waals surface area contributed by atoms with Gasteiger partial charge in [0.25, 0.3) is 0 Å². The molecule has 0 aliphatic carbocycles. The lowest BCUT2D eigenvalue weighted by atomic mass is 9.95. The van der Waals surface area contributed by atoms with Gasteiger partial charge in [-0.15, -0.1) is 0 Å². The van der Waals surface area contributed by atoms with E-state index >= 15 is 0 Å². The zero-order valence-corrected chi connectivity index (χ0v) is 19.1.